The van der Waals surface area contributed by atoms with Crippen LogP contribution in [-0.2, 0) is 4.79 Å². The van der Waals surface area contributed by atoms with Crippen LogP contribution >= 0.6 is 0 Å². The minimum absolute atomic E-state index is 0.0359. The highest BCUT2D eigenvalue weighted by molar-refractivity contribution is 5.81. The summed E-state index contributed by atoms with van der Waals surface area (Å²) in [6.07, 6.45) is 6.59. The molecule has 4 aliphatic rings. The van der Waals surface area contributed by atoms with Gasteiger partial charge in [-0.25, -0.2) is 0 Å². The Hall–Kier alpha value is -2.11. The molecule has 0 heterocycles. The molecule has 1 amide bonds. The molecule has 1 N–H and O–H groups in total. The molecule has 1 aromatic rings. The van der Waals surface area contributed by atoms with Crippen LogP contribution in [0.15, 0.2) is 24.3 Å². The van der Waals surface area contributed by atoms with Crippen LogP contribution in [0.1, 0.15) is 45.4 Å². The summed E-state index contributed by atoms with van der Waals surface area (Å²) < 4.78 is 5.66. The molecule has 0 unspecified atom stereocenters. The second kappa shape index (κ2) is 6.00. The van der Waals surface area contributed by atoms with Gasteiger partial charge >= 0.3 is 0 Å². The fourth-order valence-electron chi connectivity index (χ4n) is 5.55. The van der Waals surface area contributed by atoms with Gasteiger partial charge in [0, 0.05) is 11.6 Å². The van der Waals surface area contributed by atoms with Gasteiger partial charge in [-0.1, -0.05) is 6.07 Å². The highest BCUT2D eigenvalue weighted by Crippen LogP contribution is 2.55. The second-order valence-corrected chi connectivity index (χ2v) is 8.20. The minimum Gasteiger partial charge on any atom is -0.481 e. The number of ether oxygens (including phenoxy) is 1. The molecule has 1 atom stereocenters. The average Bonchev–Trinajstić information content (AvgIpc) is 2.53. The zero-order chi connectivity index (χ0) is 17.6. The van der Waals surface area contributed by atoms with E-state index >= 15 is 0 Å². The van der Waals surface area contributed by atoms with Gasteiger partial charge in [-0.15, -0.1) is 0 Å². The van der Waals surface area contributed by atoms with Crippen LogP contribution in [0, 0.1) is 27.9 Å². The number of amides is 1. The first-order valence-corrected chi connectivity index (χ1v) is 9.15. The van der Waals surface area contributed by atoms with Crippen molar-refractivity contribution in [3.63, 3.8) is 0 Å². The number of nitro benzene ring substituents is 1. The van der Waals surface area contributed by atoms with Crippen molar-refractivity contribution < 1.29 is 14.5 Å². The van der Waals surface area contributed by atoms with Crippen LogP contribution in [-0.4, -0.2) is 22.5 Å². The number of carbonyl (C=O) groups excluding carboxylic acids is 1. The largest absolute Gasteiger partial charge is 0.481 e. The molecule has 0 radical (unpaired) electrons. The lowest BCUT2D eigenvalue weighted by Gasteiger charge is -2.57. The van der Waals surface area contributed by atoms with Gasteiger partial charge in [-0.2, -0.15) is 0 Å². The predicted octanol–water partition coefficient (Wildman–Crippen LogP) is 3.45. The maximum Gasteiger partial charge on any atom is 0.273 e. The lowest BCUT2D eigenvalue weighted by Crippen LogP contribution is -2.61. The molecule has 1 aromatic carbocycles. The van der Waals surface area contributed by atoms with E-state index in [4.69, 9.17) is 4.74 Å². The van der Waals surface area contributed by atoms with Crippen LogP contribution < -0.4 is 10.1 Å². The third kappa shape index (κ3) is 3.22. The normalized spacial score (nSPS) is 33.7. The third-order valence-electron chi connectivity index (χ3n) is 6.14. The maximum absolute atomic E-state index is 12.7. The maximum atomic E-state index is 12.7. The Balaban J connectivity index is 1.41. The minimum atomic E-state index is -0.671. The van der Waals surface area contributed by atoms with E-state index in [-0.39, 0.29) is 17.1 Å². The van der Waals surface area contributed by atoms with Crippen molar-refractivity contribution in [2.24, 2.45) is 17.8 Å². The molecule has 0 spiro atoms. The fraction of sp³-hybridized carbons (Fsp3) is 0.632. The Labute approximate surface area is 147 Å². The molecule has 4 bridgehead atoms. The van der Waals surface area contributed by atoms with Crippen molar-refractivity contribution in [2.75, 3.05) is 0 Å². The SMILES string of the molecule is C[C@@H](Oc1cccc([N+](=O)[O-])c1)C(=O)NC12CC3CC(CC(C3)C1)C2. The van der Waals surface area contributed by atoms with Crippen molar-refractivity contribution in [3.8, 4) is 5.75 Å². The highest BCUT2D eigenvalue weighted by atomic mass is 16.6. The molecule has 0 aromatic heterocycles. The van der Waals surface area contributed by atoms with E-state index in [1.54, 1.807) is 19.1 Å². The Kier molecular flexibility index (Phi) is 3.93. The summed E-state index contributed by atoms with van der Waals surface area (Å²) in [5.74, 6) is 2.52. The average molecular weight is 344 g/mol. The van der Waals surface area contributed by atoms with Crippen molar-refractivity contribution in [3.05, 3.63) is 34.4 Å². The summed E-state index contributed by atoms with van der Waals surface area (Å²) in [4.78, 5) is 23.1. The molecular weight excluding hydrogens is 320 g/mol. The molecule has 6 heteroatoms. The molecule has 134 valence electrons. The van der Waals surface area contributed by atoms with Crippen LogP contribution in [0.5, 0.6) is 5.75 Å². The third-order valence-corrected chi connectivity index (χ3v) is 6.14. The van der Waals surface area contributed by atoms with Crippen molar-refractivity contribution in [2.45, 2.75) is 57.1 Å². The summed E-state index contributed by atoms with van der Waals surface area (Å²) in [6.45, 7) is 1.70. The summed E-state index contributed by atoms with van der Waals surface area (Å²) in [6, 6.07) is 5.97. The number of nitrogens with one attached hydrogen (secondary N) is 1. The van der Waals surface area contributed by atoms with Gasteiger partial charge in [0.1, 0.15) is 5.75 Å². The standard InChI is InChI=1S/C19H24N2O4/c1-12(25-17-4-2-3-16(8-17)21(23)24)18(22)20-19-9-13-5-14(10-19)7-15(6-13)11-19/h2-4,8,12-15H,5-7,9-11H2,1H3,(H,20,22)/t12-,13?,14?,15?,19?/m1/s1. The number of nitrogens with zero attached hydrogens (tertiary/aromatic N) is 1. The smallest absolute Gasteiger partial charge is 0.273 e. The Bertz CT molecular complexity index is 667. The van der Waals surface area contributed by atoms with Gasteiger partial charge in [0.2, 0.25) is 0 Å². The molecule has 4 fully saturated rings. The molecule has 6 nitrogen and oxygen atoms in total. The quantitative estimate of drug-likeness (QED) is 0.655. The van der Waals surface area contributed by atoms with Crippen LogP contribution in [0.2, 0.25) is 0 Å². The monoisotopic (exact) mass is 344 g/mol. The van der Waals surface area contributed by atoms with Gasteiger partial charge in [0.05, 0.1) is 11.0 Å². The van der Waals surface area contributed by atoms with Gasteiger partial charge in [0.15, 0.2) is 6.10 Å². The van der Waals surface area contributed by atoms with E-state index in [1.165, 1.54) is 31.4 Å². The molecular formula is C19H24N2O4. The van der Waals surface area contributed by atoms with E-state index < -0.39 is 11.0 Å². The molecule has 25 heavy (non-hydrogen) atoms. The van der Waals surface area contributed by atoms with E-state index in [1.807, 2.05) is 0 Å². The molecule has 5 rings (SSSR count). The summed E-state index contributed by atoms with van der Waals surface area (Å²) in [5, 5.41) is 14.1. The Morgan fingerprint density at radius 1 is 1.24 bits per heavy atom. The Morgan fingerprint density at radius 2 is 1.84 bits per heavy atom. The van der Waals surface area contributed by atoms with Crippen molar-refractivity contribution in [1.29, 1.82) is 0 Å². The molecule has 0 aliphatic heterocycles. The second-order valence-electron chi connectivity index (χ2n) is 8.20. The number of non-ortho nitro benzene ring substituents is 1. The Morgan fingerprint density at radius 3 is 2.40 bits per heavy atom. The molecule has 4 aliphatic carbocycles. The van der Waals surface area contributed by atoms with Crippen molar-refractivity contribution >= 4 is 11.6 Å². The zero-order valence-corrected chi connectivity index (χ0v) is 14.4. The number of hydrogen-bond acceptors (Lipinski definition) is 4. The zero-order valence-electron chi connectivity index (χ0n) is 14.4. The number of hydrogen-bond donors (Lipinski definition) is 1. The van der Waals surface area contributed by atoms with Gasteiger partial charge in [0.25, 0.3) is 11.6 Å². The van der Waals surface area contributed by atoms with Crippen LogP contribution in [0.3, 0.4) is 0 Å². The lowest BCUT2D eigenvalue weighted by molar-refractivity contribution is -0.384. The first-order valence-electron chi connectivity index (χ1n) is 9.15. The van der Waals surface area contributed by atoms with Crippen LogP contribution in [0.4, 0.5) is 5.69 Å². The number of nitro groups is 1. The lowest BCUT2D eigenvalue weighted by atomic mass is 9.53. The van der Waals surface area contributed by atoms with Gasteiger partial charge in [-0.3, -0.25) is 14.9 Å². The van der Waals surface area contributed by atoms with Crippen molar-refractivity contribution in [1.82, 2.24) is 5.32 Å². The predicted molar refractivity (Wildman–Crippen MR) is 92.2 cm³/mol. The first-order chi connectivity index (χ1) is 11.9. The van der Waals surface area contributed by atoms with E-state index in [0.717, 1.165) is 37.0 Å². The van der Waals surface area contributed by atoms with E-state index in [9.17, 15) is 14.9 Å². The summed E-state index contributed by atoms with van der Waals surface area (Å²) >= 11 is 0. The van der Waals surface area contributed by atoms with E-state index in [2.05, 4.69) is 5.32 Å². The van der Waals surface area contributed by atoms with E-state index in [0.29, 0.717) is 5.75 Å². The van der Waals surface area contributed by atoms with Crippen LogP contribution in [0.25, 0.3) is 0 Å². The van der Waals surface area contributed by atoms with Gasteiger partial charge in [-0.05, 0) is 69.3 Å². The number of benzene rings is 1. The highest BCUT2D eigenvalue weighted by Gasteiger charge is 2.51. The number of rotatable bonds is 5. The first kappa shape index (κ1) is 16.4. The fourth-order valence-corrected chi connectivity index (χ4v) is 5.55. The van der Waals surface area contributed by atoms with Gasteiger partial charge < -0.3 is 10.1 Å². The summed E-state index contributed by atoms with van der Waals surface area (Å²) in [5.41, 5.74) is -0.0854. The summed E-state index contributed by atoms with van der Waals surface area (Å²) in [7, 11) is 0. The topological polar surface area (TPSA) is 81.5 Å². The molecule has 4 saturated carbocycles. The molecule has 0 saturated heterocycles. The number of carbonyl (C=O) groups is 1.